The van der Waals surface area contributed by atoms with E-state index in [-0.39, 0.29) is 11.3 Å². The van der Waals surface area contributed by atoms with Gasteiger partial charge < -0.3 is 10.5 Å². The van der Waals surface area contributed by atoms with Crippen LogP contribution in [0.25, 0.3) is 0 Å². The molecule has 0 aliphatic rings. The minimum absolute atomic E-state index is 0.267. The number of nitrogens with zero attached hydrogens (tertiary/aromatic N) is 1. The summed E-state index contributed by atoms with van der Waals surface area (Å²) in [6.07, 6.45) is -4.75. The normalized spacial score (nSPS) is 13.0. The molecule has 1 aromatic carbocycles. The third-order valence-corrected chi connectivity index (χ3v) is 3.08. The molecule has 21 heavy (non-hydrogen) atoms. The van der Waals surface area contributed by atoms with Crippen molar-refractivity contribution >= 4 is 0 Å². The molecule has 1 heterocycles. The second-order valence-electron chi connectivity index (χ2n) is 4.69. The molecule has 2 rings (SSSR count). The minimum Gasteiger partial charge on any atom is -0.405 e. The molecule has 0 saturated carbocycles. The van der Waals surface area contributed by atoms with Gasteiger partial charge in [-0.2, -0.15) is 0 Å². The van der Waals surface area contributed by atoms with Crippen LogP contribution in [-0.2, 0) is 0 Å². The summed E-state index contributed by atoms with van der Waals surface area (Å²) < 4.78 is 41.4. The second kappa shape index (κ2) is 5.73. The fourth-order valence-electron chi connectivity index (χ4n) is 2.15. The highest BCUT2D eigenvalue weighted by atomic mass is 19.4. The molecule has 0 aliphatic carbocycles. The molecule has 112 valence electrons. The fourth-order valence-corrected chi connectivity index (χ4v) is 2.15. The monoisotopic (exact) mass is 296 g/mol. The first-order valence-corrected chi connectivity index (χ1v) is 6.32. The van der Waals surface area contributed by atoms with Crippen LogP contribution < -0.4 is 10.5 Å². The number of rotatable bonds is 3. The Morgan fingerprint density at radius 1 is 1.05 bits per heavy atom. The number of benzene rings is 1. The van der Waals surface area contributed by atoms with E-state index in [0.29, 0.717) is 11.3 Å². The second-order valence-corrected chi connectivity index (χ2v) is 4.69. The smallest absolute Gasteiger partial charge is 0.405 e. The molecular formula is C15H15F3N2O. The molecule has 0 saturated heterocycles. The molecule has 3 nitrogen and oxygen atoms in total. The topological polar surface area (TPSA) is 48.1 Å². The number of ether oxygens (including phenoxy) is 1. The zero-order chi connectivity index (χ0) is 15.6. The molecule has 0 aliphatic heterocycles. The third-order valence-electron chi connectivity index (χ3n) is 3.08. The van der Waals surface area contributed by atoms with E-state index < -0.39 is 12.4 Å². The van der Waals surface area contributed by atoms with Gasteiger partial charge in [0.1, 0.15) is 5.75 Å². The van der Waals surface area contributed by atoms with E-state index in [1.807, 2.05) is 6.92 Å². The fraction of sp³-hybridized carbons (Fsp3) is 0.267. The molecule has 0 bridgehead atoms. The Bertz CT molecular complexity index is 641. The van der Waals surface area contributed by atoms with Crippen molar-refractivity contribution in [2.75, 3.05) is 0 Å². The quantitative estimate of drug-likeness (QED) is 0.940. The summed E-state index contributed by atoms with van der Waals surface area (Å²) in [6, 6.07) is 8.66. The number of alkyl halides is 3. The number of hydrogen-bond acceptors (Lipinski definition) is 3. The largest absolute Gasteiger partial charge is 0.573 e. The van der Waals surface area contributed by atoms with Gasteiger partial charge in [-0.15, -0.1) is 13.2 Å². The third kappa shape index (κ3) is 3.72. The van der Waals surface area contributed by atoms with Crippen molar-refractivity contribution in [3.8, 4) is 5.75 Å². The Morgan fingerprint density at radius 3 is 2.33 bits per heavy atom. The van der Waals surface area contributed by atoms with Gasteiger partial charge in [0, 0.05) is 17.0 Å². The summed E-state index contributed by atoms with van der Waals surface area (Å²) in [7, 11) is 0. The Labute approximate surface area is 120 Å². The predicted molar refractivity (Wildman–Crippen MR) is 72.9 cm³/mol. The highest BCUT2D eigenvalue weighted by Gasteiger charge is 2.32. The van der Waals surface area contributed by atoms with Crippen molar-refractivity contribution in [3.05, 3.63) is 58.9 Å². The van der Waals surface area contributed by atoms with Crippen molar-refractivity contribution in [3.63, 3.8) is 0 Å². The number of para-hydroxylation sites is 1. The average Bonchev–Trinajstić information content (AvgIpc) is 2.36. The highest BCUT2D eigenvalue weighted by molar-refractivity contribution is 5.42. The Kier molecular flexibility index (Phi) is 4.18. The van der Waals surface area contributed by atoms with E-state index in [0.717, 1.165) is 5.69 Å². The van der Waals surface area contributed by atoms with Gasteiger partial charge >= 0.3 is 6.36 Å². The maximum Gasteiger partial charge on any atom is 0.573 e. The van der Waals surface area contributed by atoms with Crippen LogP contribution in [0.5, 0.6) is 5.75 Å². The molecule has 6 heteroatoms. The summed E-state index contributed by atoms with van der Waals surface area (Å²) in [5.74, 6) is -0.294. The van der Waals surface area contributed by atoms with E-state index in [9.17, 15) is 13.2 Å². The minimum atomic E-state index is -4.75. The predicted octanol–water partition coefficient (Wildman–Crippen LogP) is 3.65. The molecule has 0 amide bonds. The SMILES string of the molecule is Cc1ccc(C(N)c2ccccc2OC(F)(F)F)c(C)n1. The highest BCUT2D eigenvalue weighted by Crippen LogP contribution is 2.32. The van der Waals surface area contributed by atoms with Crippen molar-refractivity contribution in [2.45, 2.75) is 26.3 Å². The van der Waals surface area contributed by atoms with Crippen molar-refractivity contribution in [2.24, 2.45) is 5.73 Å². The first-order valence-electron chi connectivity index (χ1n) is 6.32. The van der Waals surface area contributed by atoms with Crippen LogP contribution in [0.2, 0.25) is 0 Å². The molecule has 1 unspecified atom stereocenters. The molecule has 2 aromatic rings. The standard InChI is InChI=1S/C15H15F3N2O/c1-9-7-8-11(10(2)20-9)14(19)12-5-3-4-6-13(12)21-15(16,17)18/h3-8,14H,19H2,1-2H3. The summed E-state index contributed by atoms with van der Waals surface area (Å²) in [5, 5.41) is 0. The van der Waals surface area contributed by atoms with Gasteiger partial charge in [0.25, 0.3) is 0 Å². The molecule has 0 radical (unpaired) electrons. The lowest BCUT2D eigenvalue weighted by molar-refractivity contribution is -0.274. The van der Waals surface area contributed by atoms with E-state index in [4.69, 9.17) is 5.73 Å². The van der Waals surface area contributed by atoms with Crippen molar-refractivity contribution in [1.29, 1.82) is 0 Å². The number of hydrogen-bond donors (Lipinski definition) is 1. The molecule has 2 N–H and O–H groups in total. The Morgan fingerprint density at radius 2 is 1.71 bits per heavy atom. The van der Waals surface area contributed by atoms with E-state index in [1.165, 1.54) is 18.2 Å². The van der Waals surface area contributed by atoms with Gasteiger partial charge in [-0.3, -0.25) is 4.98 Å². The van der Waals surface area contributed by atoms with E-state index in [1.54, 1.807) is 25.1 Å². The van der Waals surface area contributed by atoms with E-state index in [2.05, 4.69) is 9.72 Å². The van der Waals surface area contributed by atoms with E-state index >= 15 is 0 Å². The van der Waals surface area contributed by atoms with Gasteiger partial charge in [-0.25, -0.2) is 0 Å². The summed E-state index contributed by atoms with van der Waals surface area (Å²) in [4.78, 5) is 4.28. The first kappa shape index (κ1) is 15.3. The van der Waals surface area contributed by atoms with Gasteiger partial charge in [0.05, 0.1) is 6.04 Å². The molecule has 1 atom stereocenters. The molecular weight excluding hydrogens is 281 g/mol. The van der Waals surface area contributed by atoms with Crippen LogP contribution in [-0.4, -0.2) is 11.3 Å². The van der Waals surface area contributed by atoms with Gasteiger partial charge in [0.15, 0.2) is 0 Å². The van der Waals surface area contributed by atoms with Crippen LogP contribution in [0, 0.1) is 13.8 Å². The number of pyridine rings is 1. The average molecular weight is 296 g/mol. The number of nitrogens with two attached hydrogens (primary N) is 1. The molecule has 0 fully saturated rings. The molecule has 1 aromatic heterocycles. The lowest BCUT2D eigenvalue weighted by Crippen LogP contribution is -2.21. The van der Waals surface area contributed by atoms with Gasteiger partial charge in [0.2, 0.25) is 0 Å². The lowest BCUT2D eigenvalue weighted by atomic mass is 9.97. The maximum absolute atomic E-state index is 12.4. The lowest BCUT2D eigenvalue weighted by Gasteiger charge is -2.19. The zero-order valence-corrected chi connectivity index (χ0v) is 11.6. The van der Waals surface area contributed by atoms with Crippen molar-refractivity contribution in [1.82, 2.24) is 4.98 Å². The van der Waals surface area contributed by atoms with Crippen LogP contribution in [0.15, 0.2) is 36.4 Å². The van der Waals surface area contributed by atoms with Crippen LogP contribution in [0.1, 0.15) is 28.6 Å². The summed E-state index contributed by atoms with van der Waals surface area (Å²) in [5.41, 5.74) is 8.54. The Hall–Kier alpha value is -2.08. The van der Waals surface area contributed by atoms with Gasteiger partial charge in [-0.1, -0.05) is 24.3 Å². The summed E-state index contributed by atoms with van der Waals surface area (Å²) in [6.45, 7) is 3.61. The van der Waals surface area contributed by atoms with Gasteiger partial charge in [-0.05, 0) is 31.5 Å². The Balaban J connectivity index is 2.41. The molecule has 0 spiro atoms. The maximum atomic E-state index is 12.4. The van der Waals surface area contributed by atoms with Crippen LogP contribution >= 0.6 is 0 Å². The number of aryl methyl sites for hydroxylation is 2. The number of aromatic nitrogens is 1. The first-order chi connectivity index (χ1) is 9.78. The van der Waals surface area contributed by atoms with Crippen LogP contribution in [0.4, 0.5) is 13.2 Å². The van der Waals surface area contributed by atoms with Crippen LogP contribution in [0.3, 0.4) is 0 Å². The number of halogens is 3. The van der Waals surface area contributed by atoms with Crippen molar-refractivity contribution < 1.29 is 17.9 Å². The zero-order valence-electron chi connectivity index (χ0n) is 11.6. The summed E-state index contributed by atoms with van der Waals surface area (Å²) >= 11 is 0.